The molecular weight excluding hydrogens is 205 g/mol. The average molecular weight is 217 g/mol. The van der Waals surface area contributed by atoms with Gasteiger partial charge in [-0.15, -0.1) is 0 Å². The third-order valence-electron chi connectivity index (χ3n) is 2.38. The second-order valence-electron chi connectivity index (χ2n) is 3.47. The maximum atomic E-state index is 13.3. The van der Waals surface area contributed by atoms with Crippen LogP contribution in [0.2, 0.25) is 0 Å². The molecule has 1 aromatic heterocycles. The highest BCUT2D eigenvalue weighted by Gasteiger charge is 2.05. The molecular formula is C12H12FN3. The summed E-state index contributed by atoms with van der Waals surface area (Å²) in [5.74, 6) is 0.152. The summed E-state index contributed by atoms with van der Waals surface area (Å²) in [4.78, 5) is 3.95. The third kappa shape index (κ3) is 1.95. The molecule has 0 spiro atoms. The Bertz CT molecular complexity index is 511. The first kappa shape index (κ1) is 10.4. The first-order valence-corrected chi connectivity index (χ1v) is 4.91. The monoisotopic (exact) mass is 217 g/mol. The number of hydrogen-bond donors (Lipinski definition) is 2. The van der Waals surface area contributed by atoms with E-state index >= 15 is 0 Å². The number of nitrogen functional groups attached to an aromatic ring is 1. The predicted octanol–water partition coefficient (Wildman–Crippen LogP) is 2.85. The van der Waals surface area contributed by atoms with Crippen molar-refractivity contribution in [3.63, 3.8) is 0 Å². The molecule has 1 aromatic carbocycles. The molecule has 0 aliphatic carbocycles. The summed E-state index contributed by atoms with van der Waals surface area (Å²) < 4.78 is 13.3. The molecule has 0 aliphatic rings. The maximum absolute atomic E-state index is 13.3. The van der Waals surface area contributed by atoms with Gasteiger partial charge in [0.25, 0.3) is 0 Å². The van der Waals surface area contributed by atoms with Crippen molar-refractivity contribution in [2.24, 2.45) is 0 Å². The van der Waals surface area contributed by atoms with E-state index in [2.05, 4.69) is 10.3 Å². The van der Waals surface area contributed by atoms with Crippen LogP contribution in [0.25, 0.3) is 0 Å². The van der Waals surface area contributed by atoms with Crippen LogP contribution in [-0.4, -0.2) is 4.98 Å². The second kappa shape index (κ2) is 4.18. The van der Waals surface area contributed by atoms with Crippen molar-refractivity contribution in [2.75, 3.05) is 11.1 Å². The van der Waals surface area contributed by atoms with Crippen LogP contribution in [0.3, 0.4) is 0 Å². The van der Waals surface area contributed by atoms with Crippen molar-refractivity contribution in [1.29, 1.82) is 0 Å². The van der Waals surface area contributed by atoms with Gasteiger partial charge in [0, 0.05) is 17.4 Å². The third-order valence-corrected chi connectivity index (χ3v) is 2.38. The zero-order valence-corrected chi connectivity index (χ0v) is 8.87. The molecule has 0 aliphatic heterocycles. The highest BCUT2D eigenvalue weighted by atomic mass is 19.1. The second-order valence-corrected chi connectivity index (χ2v) is 3.47. The Kier molecular flexibility index (Phi) is 2.72. The van der Waals surface area contributed by atoms with Crippen LogP contribution in [0.5, 0.6) is 0 Å². The highest BCUT2D eigenvalue weighted by molar-refractivity contribution is 5.70. The predicted molar refractivity (Wildman–Crippen MR) is 63.1 cm³/mol. The largest absolute Gasteiger partial charge is 0.382 e. The number of halogens is 1. The van der Waals surface area contributed by atoms with E-state index < -0.39 is 0 Å². The molecule has 2 aromatic rings. The van der Waals surface area contributed by atoms with Crippen LogP contribution >= 0.6 is 0 Å². The number of anilines is 3. The lowest BCUT2D eigenvalue weighted by Gasteiger charge is -2.11. The Hall–Kier alpha value is -2.10. The zero-order valence-electron chi connectivity index (χ0n) is 8.87. The molecule has 0 bridgehead atoms. The first-order valence-electron chi connectivity index (χ1n) is 4.91. The van der Waals surface area contributed by atoms with Crippen molar-refractivity contribution in [3.05, 3.63) is 47.9 Å². The Morgan fingerprint density at radius 2 is 1.94 bits per heavy atom. The summed E-state index contributed by atoms with van der Waals surface area (Å²) in [5.41, 5.74) is 7.62. The van der Waals surface area contributed by atoms with Crippen LogP contribution < -0.4 is 11.1 Å². The molecule has 0 saturated heterocycles. The summed E-state index contributed by atoms with van der Waals surface area (Å²) in [5, 5.41) is 3.05. The normalized spacial score (nSPS) is 10.1. The SMILES string of the molecule is Cc1c(F)cccc1Nc1cccnc1N. The van der Waals surface area contributed by atoms with Crippen molar-refractivity contribution >= 4 is 17.2 Å². The number of nitrogens with two attached hydrogens (primary N) is 1. The van der Waals surface area contributed by atoms with Crippen LogP contribution in [-0.2, 0) is 0 Å². The van der Waals surface area contributed by atoms with Gasteiger partial charge in [-0.25, -0.2) is 9.37 Å². The van der Waals surface area contributed by atoms with Crippen molar-refractivity contribution in [2.45, 2.75) is 6.92 Å². The van der Waals surface area contributed by atoms with Crippen LogP contribution in [0.15, 0.2) is 36.5 Å². The molecule has 0 saturated carbocycles. The molecule has 0 unspecified atom stereocenters. The fourth-order valence-corrected chi connectivity index (χ4v) is 1.41. The van der Waals surface area contributed by atoms with Crippen molar-refractivity contribution in [3.8, 4) is 0 Å². The van der Waals surface area contributed by atoms with Gasteiger partial charge in [0.05, 0.1) is 5.69 Å². The molecule has 16 heavy (non-hydrogen) atoms. The maximum Gasteiger partial charge on any atom is 0.147 e. The molecule has 82 valence electrons. The molecule has 2 rings (SSSR count). The topological polar surface area (TPSA) is 50.9 Å². The van der Waals surface area contributed by atoms with Gasteiger partial charge < -0.3 is 11.1 Å². The number of hydrogen-bond acceptors (Lipinski definition) is 3. The van der Waals surface area contributed by atoms with Crippen LogP contribution in [0.4, 0.5) is 21.6 Å². The van der Waals surface area contributed by atoms with E-state index in [9.17, 15) is 4.39 Å². The van der Waals surface area contributed by atoms with Gasteiger partial charge >= 0.3 is 0 Å². The van der Waals surface area contributed by atoms with Gasteiger partial charge in [0.1, 0.15) is 11.6 Å². The lowest BCUT2D eigenvalue weighted by Crippen LogP contribution is -2.00. The number of nitrogens with one attached hydrogen (secondary N) is 1. The fraction of sp³-hybridized carbons (Fsp3) is 0.0833. The summed E-state index contributed by atoms with van der Waals surface area (Å²) >= 11 is 0. The molecule has 3 nitrogen and oxygen atoms in total. The lowest BCUT2D eigenvalue weighted by molar-refractivity contribution is 0.619. The minimum absolute atomic E-state index is 0.243. The van der Waals surface area contributed by atoms with Crippen LogP contribution in [0, 0.1) is 12.7 Å². The van der Waals surface area contributed by atoms with E-state index in [0.29, 0.717) is 22.8 Å². The lowest BCUT2D eigenvalue weighted by atomic mass is 10.2. The van der Waals surface area contributed by atoms with E-state index in [0.717, 1.165) is 0 Å². The van der Waals surface area contributed by atoms with Gasteiger partial charge in [-0.1, -0.05) is 6.07 Å². The molecule has 0 amide bonds. The van der Waals surface area contributed by atoms with Gasteiger partial charge in [-0.3, -0.25) is 0 Å². The summed E-state index contributed by atoms with van der Waals surface area (Å²) in [6, 6.07) is 8.44. The number of benzene rings is 1. The molecule has 0 radical (unpaired) electrons. The molecule has 4 heteroatoms. The van der Waals surface area contributed by atoms with Gasteiger partial charge in [-0.2, -0.15) is 0 Å². The summed E-state index contributed by atoms with van der Waals surface area (Å²) in [6.07, 6.45) is 1.61. The minimum atomic E-state index is -0.243. The first-order chi connectivity index (χ1) is 7.68. The number of nitrogens with zero attached hydrogens (tertiary/aromatic N) is 1. The Morgan fingerprint density at radius 1 is 1.19 bits per heavy atom. The van der Waals surface area contributed by atoms with E-state index in [4.69, 9.17) is 5.73 Å². The Labute approximate surface area is 93.1 Å². The molecule has 0 atom stereocenters. The minimum Gasteiger partial charge on any atom is -0.382 e. The van der Waals surface area contributed by atoms with Gasteiger partial charge in [0.2, 0.25) is 0 Å². The van der Waals surface area contributed by atoms with E-state index in [1.807, 2.05) is 0 Å². The molecule has 1 heterocycles. The van der Waals surface area contributed by atoms with E-state index in [-0.39, 0.29) is 5.82 Å². The smallest absolute Gasteiger partial charge is 0.147 e. The fourth-order valence-electron chi connectivity index (χ4n) is 1.41. The van der Waals surface area contributed by atoms with Gasteiger partial charge in [0.15, 0.2) is 0 Å². The quantitative estimate of drug-likeness (QED) is 0.813. The Balaban J connectivity index is 2.35. The Morgan fingerprint density at radius 3 is 2.69 bits per heavy atom. The highest BCUT2D eigenvalue weighted by Crippen LogP contribution is 2.24. The zero-order chi connectivity index (χ0) is 11.5. The molecule has 3 N–H and O–H groups in total. The number of rotatable bonds is 2. The van der Waals surface area contributed by atoms with Gasteiger partial charge in [-0.05, 0) is 31.2 Å². The summed E-state index contributed by atoms with van der Waals surface area (Å²) in [7, 11) is 0. The molecule has 0 fully saturated rings. The number of pyridine rings is 1. The van der Waals surface area contributed by atoms with E-state index in [1.54, 1.807) is 37.4 Å². The van der Waals surface area contributed by atoms with E-state index in [1.165, 1.54) is 6.07 Å². The van der Waals surface area contributed by atoms with Crippen LogP contribution in [0.1, 0.15) is 5.56 Å². The van der Waals surface area contributed by atoms with Crippen molar-refractivity contribution in [1.82, 2.24) is 4.98 Å². The standard InChI is InChI=1S/C12H12FN3/c1-8-9(13)4-2-5-10(8)16-11-6-3-7-15-12(11)14/h2-7,16H,1H3,(H2,14,15). The number of aromatic nitrogens is 1. The average Bonchev–Trinajstić information content (AvgIpc) is 2.28. The van der Waals surface area contributed by atoms with Crippen molar-refractivity contribution < 1.29 is 4.39 Å². The summed E-state index contributed by atoms with van der Waals surface area (Å²) in [6.45, 7) is 1.71.